The molecule has 1 saturated heterocycles. The molecule has 0 saturated carbocycles. The van der Waals surface area contributed by atoms with Crippen molar-refractivity contribution in [2.75, 3.05) is 29.9 Å². The van der Waals surface area contributed by atoms with Gasteiger partial charge in [0.1, 0.15) is 11.6 Å². The Kier molecular flexibility index (Phi) is 5.20. The van der Waals surface area contributed by atoms with E-state index in [0.717, 1.165) is 19.2 Å². The zero-order chi connectivity index (χ0) is 16.9. The van der Waals surface area contributed by atoms with E-state index in [9.17, 15) is 9.18 Å². The van der Waals surface area contributed by atoms with Crippen molar-refractivity contribution >= 4 is 28.9 Å². The monoisotopic (exact) mass is 348 g/mol. The van der Waals surface area contributed by atoms with Crippen molar-refractivity contribution in [2.24, 2.45) is 0 Å². The molecule has 0 radical (unpaired) electrons. The maximum Gasteiger partial charge on any atom is 0.262 e. The SMILES string of the molecule is O=C(COc1ccc(F)cc1Cl)Nc1ccc(N2CCCC2)cc1. The predicted octanol–water partition coefficient (Wildman–Crippen LogP) is 4.10. The average molecular weight is 349 g/mol. The number of anilines is 2. The van der Waals surface area contributed by atoms with Gasteiger partial charge < -0.3 is 15.0 Å². The third-order valence-electron chi connectivity index (χ3n) is 3.87. The minimum Gasteiger partial charge on any atom is -0.482 e. The maximum absolute atomic E-state index is 13.0. The molecule has 1 amide bonds. The Morgan fingerprint density at radius 2 is 1.88 bits per heavy atom. The number of carbonyl (C=O) groups is 1. The highest BCUT2D eigenvalue weighted by atomic mass is 35.5. The number of nitrogens with one attached hydrogen (secondary N) is 1. The fourth-order valence-corrected chi connectivity index (χ4v) is 2.89. The molecule has 24 heavy (non-hydrogen) atoms. The molecule has 0 unspecified atom stereocenters. The van der Waals surface area contributed by atoms with Gasteiger partial charge in [-0.25, -0.2) is 4.39 Å². The lowest BCUT2D eigenvalue weighted by atomic mass is 10.2. The lowest BCUT2D eigenvalue weighted by molar-refractivity contribution is -0.118. The molecule has 1 aliphatic rings. The van der Waals surface area contributed by atoms with Gasteiger partial charge in [0.05, 0.1) is 5.02 Å². The summed E-state index contributed by atoms with van der Waals surface area (Å²) in [6.45, 7) is 1.97. The Morgan fingerprint density at radius 3 is 2.54 bits per heavy atom. The van der Waals surface area contributed by atoms with Crippen molar-refractivity contribution < 1.29 is 13.9 Å². The summed E-state index contributed by atoms with van der Waals surface area (Å²) < 4.78 is 18.3. The third-order valence-corrected chi connectivity index (χ3v) is 4.17. The van der Waals surface area contributed by atoms with E-state index in [1.807, 2.05) is 24.3 Å². The molecule has 0 bridgehead atoms. The Morgan fingerprint density at radius 1 is 1.17 bits per heavy atom. The summed E-state index contributed by atoms with van der Waals surface area (Å²) in [6, 6.07) is 11.5. The van der Waals surface area contributed by atoms with Gasteiger partial charge in [0, 0.05) is 24.5 Å². The molecular formula is C18H18ClFN2O2. The van der Waals surface area contributed by atoms with Crippen LogP contribution in [0, 0.1) is 5.82 Å². The molecule has 0 aromatic heterocycles. The Bertz CT molecular complexity index is 715. The first-order valence-corrected chi connectivity index (χ1v) is 8.22. The average Bonchev–Trinajstić information content (AvgIpc) is 3.09. The van der Waals surface area contributed by atoms with Crippen LogP contribution in [-0.2, 0) is 4.79 Å². The van der Waals surface area contributed by atoms with Gasteiger partial charge in [-0.2, -0.15) is 0 Å². The Balaban J connectivity index is 1.52. The first-order valence-electron chi connectivity index (χ1n) is 7.84. The first-order chi connectivity index (χ1) is 11.6. The van der Waals surface area contributed by atoms with Gasteiger partial charge in [0.15, 0.2) is 6.61 Å². The van der Waals surface area contributed by atoms with Gasteiger partial charge in [0.25, 0.3) is 5.91 Å². The molecule has 1 fully saturated rings. The molecule has 1 aliphatic heterocycles. The molecule has 0 atom stereocenters. The number of amides is 1. The molecule has 4 nitrogen and oxygen atoms in total. The van der Waals surface area contributed by atoms with Crippen LogP contribution in [-0.4, -0.2) is 25.6 Å². The fourth-order valence-electron chi connectivity index (χ4n) is 2.66. The molecule has 1 N–H and O–H groups in total. The van der Waals surface area contributed by atoms with Crippen molar-refractivity contribution in [3.8, 4) is 5.75 Å². The number of benzene rings is 2. The number of hydrogen-bond donors (Lipinski definition) is 1. The van der Waals surface area contributed by atoms with Crippen LogP contribution in [0.2, 0.25) is 5.02 Å². The van der Waals surface area contributed by atoms with E-state index >= 15 is 0 Å². The minimum absolute atomic E-state index is 0.137. The van der Waals surface area contributed by atoms with Crippen molar-refractivity contribution in [1.29, 1.82) is 0 Å². The fraction of sp³-hybridized carbons (Fsp3) is 0.278. The highest BCUT2D eigenvalue weighted by Crippen LogP contribution is 2.25. The van der Waals surface area contributed by atoms with Gasteiger partial charge in [-0.05, 0) is 55.3 Å². The lowest BCUT2D eigenvalue weighted by Gasteiger charge is -2.17. The van der Waals surface area contributed by atoms with E-state index in [2.05, 4.69) is 10.2 Å². The number of ether oxygens (including phenoxy) is 1. The van der Waals surface area contributed by atoms with Crippen LogP contribution in [0.15, 0.2) is 42.5 Å². The lowest BCUT2D eigenvalue weighted by Crippen LogP contribution is -2.20. The second kappa shape index (κ2) is 7.53. The van der Waals surface area contributed by atoms with Crippen LogP contribution in [0.25, 0.3) is 0 Å². The number of nitrogens with zero attached hydrogens (tertiary/aromatic N) is 1. The quantitative estimate of drug-likeness (QED) is 0.884. The van der Waals surface area contributed by atoms with E-state index in [-0.39, 0.29) is 23.3 Å². The molecule has 0 aliphatic carbocycles. The van der Waals surface area contributed by atoms with Crippen molar-refractivity contribution in [3.05, 3.63) is 53.3 Å². The van der Waals surface area contributed by atoms with E-state index in [1.54, 1.807) is 0 Å². The summed E-state index contributed by atoms with van der Waals surface area (Å²) in [4.78, 5) is 14.3. The van der Waals surface area contributed by atoms with Crippen LogP contribution in [0.1, 0.15) is 12.8 Å². The topological polar surface area (TPSA) is 41.6 Å². The molecule has 2 aromatic rings. The highest BCUT2D eigenvalue weighted by molar-refractivity contribution is 6.32. The molecule has 1 heterocycles. The van der Waals surface area contributed by atoms with Gasteiger partial charge in [0.2, 0.25) is 0 Å². The molecule has 2 aromatic carbocycles. The Hall–Kier alpha value is -2.27. The molecule has 3 rings (SSSR count). The van der Waals surface area contributed by atoms with Gasteiger partial charge in [-0.15, -0.1) is 0 Å². The van der Waals surface area contributed by atoms with Crippen LogP contribution >= 0.6 is 11.6 Å². The second-order valence-corrected chi connectivity index (χ2v) is 6.06. The van der Waals surface area contributed by atoms with Crippen LogP contribution in [0.5, 0.6) is 5.75 Å². The molecular weight excluding hydrogens is 331 g/mol. The number of hydrogen-bond acceptors (Lipinski definition) is 3. The number of carbonyl (C=O) groups excluding carboxylic acids is 1. The first kappa shape index (κ1) is 16.6. The normalized spacial score (nSPS) is 13.8. The number of rotatable bonds is 5. The Labute approximate surface area is 145 Å². The van der Waals surface area contributed by atoms with E-state index in [4.69, 9.17) is 16.3 Å². The van der Waals surface area contributed by atoms with Crippen molar-refractivity contribution in [3.63, 3.8) is 0 Å². The smallest absolute Gasteiger partial charge is 0.262 e. The molecule has 6 heteroatoms. The second-order valence-electron chi connectivity index (χ2n) is 5.65. The minimum atomic E-state index is -0.449. The summed E-state index contributed by atoms with van der Waals surface area (Å²) in [6.07, 6.45) is 2.45. The maximum atomic E-state index is 13.0. The molecule has 126 valence electrons. The standard InChI is InChI=1S/C18H18ClFN2O2/c19-16-11-13(20)3-8-17(16)24-12-18(23)21-14-4-6-15(7-5-14)22-9-1-2-10-22/h3-8,11H,1-2,9-10,12H2,(H,21,23). The third kappa shape index (κ3) is 4.17. The van der Waals surface area contributed by atoms with Gasteiger partial charge in [-0.1, -0.05) is 11.6 Å². The zero-order valence-electron chi connectivity index (χ0n) is 13.1. The van der Waals surface area contributed by atoms with Crippen LogP contribution in [0.4, 0.5) is 15.8 Å². The largest absolute Gasteiger partial charge is 0.482 e. The molecule has 0 spiro atoms. The summed E-state index contributed by atoms with van der Waals surface area (Å²) in [7, 11) is 0. The van der Waals surface area contributed by atoms with Gasteiger partial charge >= 0.3 is 0 Å². The number of halogens is 2. The van der Waals surface area contributed by atoms with Crippen molar-refractivity contribution in [2.45, 2.75) is 12.8 Å². The summed E-state index contributed by atoms with van der Waals surface area (Å²) in [5.41, 5.74) is 1.87. The van der Waals surface area contributed by atoms with E-state index < -0.39 is 5.82 Å². The summed E-state index contributed by atoms with van der Waals surface area (Å²) in [5.74, 6) is -0.475. The summed E-state index contributed by atoms with van der Waals surface area (Å²) in [5, 5.41) is 2.90. The highest BCUT2D eigenvalue weighted by Gasteiger charge is 2.12. The van der Waals surface area contributed by atoms with Gasteiger partial charge in [-0.3, -0.25) is 4.79 Å². The van der Waals surface area contributed by atoms with E-state index in [1.165, 1.54) is 30.7 Å². The zero-order valence-corrected chi connectivity index (χ0v) is 13.9. The van der Waals surface area contributed by atoms with Crippen molar-refractivity contribution in [1.82, 2.24) is 0 Å². The predicted molar refractivity (Wildman–Crippen MR) is 93.4 cm³/mol. The van der Waals surface area contributed by atoms with E-state index in [0.29, 0.717) is 5.69 Å². The van der Waals surface area contributed by atoms with Crippen LogP contribution in [0.3, 0.4) is 0 Å². The van der Waals surface area contributed by atoms with Crippen LogP contribution < -0.4 is 15.0 Å². The summed E-state index contributed by atoms with van der Waals surface area (Å²) >= 11 is 5.85.